The number of rotatable bonds is 10. The molecule has 2 aromatic rings. The van der Waals surface area contributed by atoms with E-state index in [1.165, 1.54) is 0 Å². The van der Waals surface area contributed by atoms with Crippen LogP contribution >= 0.6 is 0 Å². The number of hydrogen-bond donors (Lipinski definition) is 2. The first-order valence-corrected chi connectivity index (χ1v) is 10.5. The van der Waals surface area contributed by atoms with Crippen molar-refractivity contribution in [3.8, 4) is 11.5 Å². The van der Waals surface area contributed by atoms with Gasteiger partial charge in [-0.2, -0.15) is 0 Å². The molecule has 166 valence electrons. The number of pyridine rings is 1. The molecule has 1 fully saturated rings. The second-order valence-corrected chi connectivity index (χ2v) is 7.47. The minimum atomic E-state index is -0.515. The van der Waals surface area contributed by atoms with Gasteiger partial charge in [0.2, 0.25) is 11.8 Å². The van der Waals surface area contributed by atoms with E-state index in [2.05, 4.69) is 15.6 Å². The van der Waals surface area contributed by atoms with Crippen LogP contribution in [0.25, 0.3) is 0 Å². The van der Waals surface area contributed by atoms with Crippen molar-refractivity contribution in [1.82, 2.24) is 20.5 Å². The van der Waals surface area contributed by atoms with Crippen molar-refractivity contribution < 1.29 is 19.1 Å². The number of nitrogens with one attached hydrogen (secondary N) is 2. The quantitative estimate of drug-likeness (QED) is 0.560. The summed E-state index contributed by atoms with van der Waals surface area (Å²) in [5.41, 5.74) is 2.09. The van der Waals surface area contributed by atoms with Gasteiger partial charge in [0.05, 0.1) is 26.7 Å². The van der Waals surface area contributed by atoms with Crippen molar-refractivity contribution in [3.05, 3.63) is 53.9 Å². The van der Waals surface area contributed by atoms with Gasteiger partial charge in [-0.25, -0.2) is 0 Å². The lowest BCUT2D eigenvalue weighted by Gasteiger charge is -2.35. The van der Waals surface area contributed by atoms with Crippen molar-refractivity contribution >= 4 is 11.8 Å². The Morgan fingerprint density at radius 3 is 2.90 bits per heavy atom. The smallest absolute Gasteiger partial charge is 0.237 e. The summed E-state index contributed by atoms with van der Waals surface area (Å²) in [4.78, 5) is 31.1. The zero-order chi connectivity index (χ0) is 22.1. The molecule has 2 amide bonds. The molecule has 31 heavy (non-hydrogen) atoms. The molecule has 8 nitrogen and oxygen atoms in total. The van der Waals surface area contributed by atoms with E-state index in [9.17, 15) is 9.59 Å². The van der Waals surface area contributed by atoms with Gasteiger partial charge in [-0.1, -0.05) is 12.1 Å². The van der Waals surface area contributed by atoms with E-state index in [-0.39, 0.29) is 18.2 Å². The maximum Gasteiger partial charge on any atom is 0.237 e. The average molecular weight is 427 g/mol. The van der Waals surface area contributed by atoms with Crippen LogP contribution < -0.4 is 20.1 Å². The van der Waals surface area contributed by atoms with Gasteiger partial charge < -0.3 is 20.1 Å². The molecule has 2 heterocycles. The third kappa shape index (κ3) is 6.42. The molecule has 1 aromatic carbocycles. The van der Waals surface area contributed by atoms with Gasteiger partial charge in [0, 0.05) is 50.2 Å². The number of ether oxygens (including phenoxy) is 2. The first-order valence-electron chi connectivity index (χ1n) is 10.5. The molecule has 1 aromatic heterocycles. The van der Waals surface area contributed by atoms with Gasteiger partial charge in [-0.05, 0) is 30.5 Å². The van der Waals surface area contributed by atoms with Crippen molar-refractivity contribution in [2.45, 2.75) is 31.8 Å². The molecule has 3 rings (SSSR count). The average Bonchev–Trinajstić information content (AvgIpc) is 2.80. The maximum atomic E-state index is 12.5. The zero-order valence-electron chi connectivity index (χ0n) is 18.1. The molecule has 0 bridgehead atoms. The molecule has 0 saturated carbocycles. The Hall–Kier alpha value is -3.13. The van der Waals surface area contributed by atoms with E-state index in [0.717, 1.165) is 24.0 Å². The topological polar surface area (TPSA) is 92.8 Å². The lowest BCUT2D eigenvalue weighted by molar-refractivity contribution is -0.134. The van der Waals surface area contributed by atoms with Crippen LogP contribution in [0.2, 0.25) is 0 Å². The lowest BCUT2D eigenvalue weighted by atomic mass is 10.1. The number of nitrogens with zero attached hydrogens (tertiary/aromatic N) is 2. The fourth-order valence-electron chi connectivity index (χ4n) is 3.69. The number of benzene rings is 1. The fourth-order valence-corrected chi connectivity index (χ4v) is 3.69. The first kappa shape index (κ1) is 22.6. The third-order valence-electron chi connectivity index (χ3n) is 5.38. The van der Waals surface area contributed by atoms with Crippen LogP contribution in [-0.4, -0.2) is 61.6 Å². The number of amides is 2. The van der Waals surface area contributed by atoms with Crippen LogP contribution in [0, 0.1) is 0 Å². The number of aromatic nitrogens is 1. The van der Waals surface area contributed by atoms with Gasteiger partial charge in [0.15, 0.2) is 0 Å². The van der Waals surface area contributed by atoms with Crippen LogP contribution in [0.4, 0.5) is 0 Å². The Bertz CT molecular complexity index is 875. The van der Waals surface area contributed by atoms with Crippen LogP contribution in [0.1, 0.15) is 24.0 Å². The van der Waals surface area contributed by atoms with E-state index in [0.29, 0.717) is 37.7 Å². The Morgan fingerprint density at radius 2 is 2.16 bits per heavy atom. The van der Waals surface area contributed by atoms with E-state index < -0.39 is 6.04 Å². The number of piperazine rings is 1. The number of carbonyl (C=O) groups excluding carboxylic acids is 2. The standard InChI is InChI=1S/C23H30N4O4/c1-30-19-8-7-18(21(13-19)31-2)16-27-12-11-26-23(29)20(27)14-22(28)25-10-4-6-17-5-3-9-24-15-17/h3,5,7-9,13,15,20H,4,6,10-12,14,16H2,1-2H3,(H,25,28)(H,26,29). The summed E-state index contributed by atoms with van der Waals surface area (Å²) in [5.74, 6) is 1.16. The monoisotopic (exact) mass is 426 g/mol. The number of carbonyl (C=O) groups is 2. The Morgan fingerprint density at radius 1 is 1.29 bits per heavy atom. The molecular weight excluding hydrogens is 396 g/mol. The third-order valence-corrected chi connectivity index (χ3v) is 5.38. The molecule has 0 spiro atoms. The predicted molar refractivity (Wildman–Crippen MR) is 117 cm³/mol. The molecule has 2 N–H and O–H groups in total. The highest BCUT2D eigenvalue weighted by atomic mass is 16.5. The molecule has 1 unspecified atom stereocenters. The Kier molecular flexibility index (Phi) is 8.23. The van der Waals surface area contributed by atoms with E-state index >= 15 is 0 Å². The largest absolute Gasteiger partial charge is 0.497 e. The summed E-state index contributed by atoms with van der Waals surface area (Å²) >= 11 is 0. The van der Waals surface area contributed by atoms with Gasteiger partial charge in [-0.15, -0.1) is 0 Å². The highest BCUT2D eigenvalue weighted by molar-refractivity contribution is 5.88. The predicted octanol–water partition coefficient (Wildman–Crippen LogP) is 1.54. The summed E-state index contributed by atoms with van der Waals surface area (Å²) in [7, 11) is 3.21. The summed E-state index contributed by atoms with van der Waals surface area (Å²) in [6.45, 7) is 2.30. The van der Waals surface area contributed by atoms with Crippen molar-refractivity contribution in [2.24, 2.45) is 0 Å². The molecular formula is C23H30N4O4. The van der Waals surface area contributed by atoms with Gasteiger partial charge in [0.25, 0.3) is 0 Å². The molecule has 1 aliphatic heterocycles. The van der Waals surface area contributed by atoms with Gasteiger partial charge >= 0.3 is 0 Å². The Labute approximate surface area is 182 Å². The van der Waals surface area contributed by atoms with Gasteiger partial charge in [0.1, 0.15) is 11.5 Å². The normalized spacial score (nSPS) is 16.5. The van der Waals surface area contributed by atoms with Crippen LogP contribution in [0.15, 0.2) is 42.7 Å². The van der Waals surface area contributed by atoms with E-state index in [4.69, 9.17) is 9.47 Å². The molecule has 8 heteroatoms. The van der Waals surface area contributed by atoms with Crippen LogP contribution in [0.3, 0.4) is 0 Å². The summed E-state index contributed by atoms with van der Waals surface area (Å²) in [6.07, 6.45) is 5.37. The van der Waals surface area contributed by atoms with Crippen molar-refractivity contribution in [2.75, 3.05) is 33.9 Å². The molecule has 1 aliphatic rings. The first-order chi connectivity index (χ1) is 15.1. The number of aryl methyl sites for hydroxylation is 1. The highest BCUT2D eigenvalue weighted by Gasteiger charge is 2.32. The van der Waals surface area contributed by atoms with Gasteiger partial charge in [-0.3, -0.25) is 19.5 Å². The molecule has 0 radical (unpaired) electrons. The minimum Gasteiger partial charge on any atom is -0.497 e. The highest BCUT2D eigenvalue weighted by Crippen LogP contribution is 2.27. The zero-order valence-corrected chi connectivity index (χ0v) is 18.1. The van der Waals surface area contributed by atoms with Crippen molar-refractivity contribution in [3.63, 3.8) is 0 Å². The molecule has 0 aliphatic carbocycles. The summed E-state index contributed by atoms with van der Waals surface area (Å²) in [5, 5.41) is 5.81. The van der Waals surface area contributed by atoms with E-state index in [1.807, 2.05) is 41.4 Å². The van der Waals surface area contributed by atoms with Crippen molar-refractivity contribution in [1.29, 1.82) is 0 Å². The SMILES string of the molecule is COc1ccc(CN2CCNC(=O)C2CC(=O)NCCCc2cccnc2)c(OC)c1. The summed E-state index contributed by atoms with van der Waals surface area (Å²) < 4.78 is 10.7. The fraction of sp³-hybridized carbons (Fsp3) is 0.435. The molecule has 1 atom stereocenters. The Balaban J connectivity index is 1.55. The minimum absolute atomic E-state index is 0.121. The van der Waals surface area contributed by atoms with Crippen LogP contribution in [-0.2, 0) is 22.6 Å². The van der Waals surface area contributed by atoms with E-state index in [1.54, 1.807) is 20.4 Å². The second-order valence-electron chi connectivity index (χ2n) is 7.47. The molecule has 1 saturated heterocycles. The lowest BCUT2D eigenvalue weighted by Crippen LogP contribution is -2.56. The maximum absolute atomic E-state index is 12.5. The summed E-state index contributed by atoms with van der Waals surface area (Å²) in [6, 6.07) is 9.03. The van der Waals surface area contributed by atoms with Crippen LogP contribution in [0.5, 0.6) is 11.5 Å². The second kappa shape index (κ2) is 11.3. The number of hydrogen-bond acceptors (Lipinski definition) is 6. The number of methoxy groups -OCH3 is 2.